The van der Waals surface area contributed by atoms with Crippen LogP contribution in [0.1, 0.15) is 36.5 Å². The fourth-order valence-electron chi connectivity index (χ4n) is 4.54. The molecule has 10 heteroatoms. The number of rotatable bonds is 15. The van der Waals surface area contributed by atoms with Gasteiger partial charge in [0.25, 0.3) is 0 Å². The van der Waals surface area contributed by atoms with Gasteiger partial charge in [-0.3, -0.25) is 13.9 Å². The molecule has 0 heterocycles. The number of methoxy groups -OCH3 is 2. The molecule has 0 radical (unpaired) electrons. The number of amides is 2. The summed E-state index contributed by atoms with van der Waals surface area (Å²) >= 11 is 0. The van der Waals surface area contributed by atoms with Crippen LogP contribution in [0.2, 0.25) is 0 Å². The van der Waals surface area contributed by atoms with Crippen molar-refractivity contribution >= 4 is 27.5 Å². The maximum Gasteiger partial charge on any atom is 0.244 e. The summed E-state index contributed by atoms with van der Waals surface area (Å²) in [5.41, 5.74) is 2.92. The summed E-state index contributed by atoms with van der Waals surface area (Å²) in [6.45, 7) is 4.06. The number of nitrogens with one attached hydrogen (secondary N) is 1. The molecule has 9 nitrogen and oxygen atoms in total. The van der Waals surface area contributed by atoms with Gasteiger partial charge in [-0.25, -0.2) is 8.42 Å². The van der Waals surface area contributed by atoms with E-state index in [0.29, 0.717) is 12.3 Å². The Kier molecular flexibility index (Phi) is 11.8. The fourth-order valence-corrected chi connectivity index (χ4v) is 5.38. The van der Waals surface area contributed by atoms with Gasteiger partial charge in [-0.2, -0.15) is 0 Å². The molecule has 0 fully saturated rings. The van der Waals surface area contributed by atoms with Gasteiger partial charge < -0.3 is 19.7 Å². The average molecular weight is 596 g/mol. The summed E-state index contributed by atoms with van der Waals surface area (Å²) < 4.78 is 38.0. The highest BCUT2D eigenvalue weighted by Crippen LogP contribution is 2.34. The first-order valence-corrected chi connectivity index (χ1v) is 15.8. The molecule has 1 N–H and O–H groups in total. The van der Waals surface area contributed by atoms with Gasteiger partial charge in [-0.15, -0.1) is 0 Å². The summed E-state index contributed by atoms with van der Waals surface area (Å²) in [6.07, 6.45) is 2.99. The first-order valence-electron chi connectivity index (χ1n) is 13.9. The summed E-state index contributed by atoms with van der Waals surface area (Å²) in [7, 11) is -1.06. The number of carbonyl (C=O) groups is 2. The van der Waals surface area contributed by atoms with Crippen molar-refractivity contribution in [1.82, 2.24) is 10.2 Å². The van der Waals surface area contributed by atoms with E-state index in [2.05, 4.69) is 5.32 Å². The molecule has 0 bridgehead atoms. The first-order chi connectivity index (χ1) is 20.1. The third-order valence-electron chi connectivity index (χ3n) is 6.91. The lowest BCUT2D eigenvalue weighted by molar-refractivity contribution is -0.140. The quantitative estimate of drug-likeness (QED) is 0.262. The molecule has 3 rings (SSSR count). The Bertz CT molecular complexity index is 1430. The molecule has 3 aromatic rings. The van der Waals surface area contributed by atoms with Crippen LogP contribution in [0.3, 0.4) is 0 Å². The molecule has 3 aromatic carbocycles. The highest BCUT2D eigenvalue weighted by atomic mass is 32.2. The van der Waals surface area contributed by atoms with Crippen LogP contribution in [-0.4, -0.2) is 64.7 Å². The maximum absolute atomic E-state index is 14.2. The topological polar surface area (TPSA) is 105 Å². The number of nitrogens with zero attached hydrogens (tertiary/aromatic N) is 2. The summed E-state index contributed by atoms with van der Waals surface area (Å²) in [4.78, 5) is 29.4. The lowest BCUT2D eigenvalue weighted by Gasteiger charge is -2.33. The summed E-state index contributed by atoms with van der Waals surface area (Å²) in [5, 5.41) is 2.98. The minimum atomic E-state index is -3.96. The van der Waals surface area contributed by atoms with Gasteiger partial charge >= 0.3 is 0 Å². The number of unbranched alkanes of at least 4 members (excludes halogenated alkanes) is 1. The Morgan fingerprint density at radius 1 is 0.929 bits per heavy atom. The second kappa shape index (κ2) is 15.3. The monoisotopic (exact) mass is 595 g/mol. The van der Waals surface area contributed by atoms with Crippen molar-refractivity contribution in [3.05, 3.63) is 89.5 Å². The largest absolute Gasteiger partial charge is 0.497 e. The Labute approximate surface area is 249 Å². The van der Waals surface area contributed by atoms with Crippen molar-refractivity contribution in [2.75, 3.05) is 37.9 Å². The van der Waals surface area contributed by atoms with Crippen LogP contribution >= 0.6 is 0 Å². The molecule has 0 aliphatic carbocycles. The number of aryl methyl sites for hydroxylation is 1. The molecule has 42 heavy (non-hydrogen) atoms. The van der Waals surface area contributed by atoms with Gasteiger partial charge in [0.2, 0.25) is 21.8 Å². The van der Waals surface area contributed by atoms with Crippen molar-refractivity contribution < 1.29 is 27.5 Å². The maximum atomic E-state index is 14.2. The fraction of sp³-hybridized carbons (Fsp3) is 0.375. The van der Waals surface area contributed by atoms with E-state index in [1.54, 1.807) is 12.1 Å². The van der Waals surface area contributed by atoms with E-state index in [0.717, 1.165) is 40.1 Å². The standard InChI is InChI=1S/C32H41N3O6S/c1-6-7-19-33-32(37)29(20-25-11-9-8-10-12-25)34(22-26-15-13-24(2)14-16-26)31(36)23-35(42(5,38)39)28-21-27(40-3)17-18-30(28)41-4/h8-18,21,29H,6-7,19-20,22-23H2,1-5H3,(H,33,37)/t29-/m0/s1. The lowest BCUT2D eigenvalue weighted by Crippen LogP contribution is -2.53. The smallest absolute Gasteiger partial charge is 0.244 e. The van der Waals surface area contributed by atoms with Crippen molar-refractivity contribution in [3.8, 4) is 11.5 Å². The average Bonchev–Trinajstić information content (AvgIpc) is 2.98. The summed E-state index contributed by atoms with van der Waals surface area (Å²) in [5.74, 6) is -0.159. The number of ether oxygens (including phenoxy) is 2. The van der Waals surface area contributed by atoms with Gasteiger partial charge in [0, 0.05) is 25.6 Å². The molecule has 0 saturated heterocycles. The molecule has 0 aliphatic rings. The number of hydrogen-bond acceptors (Lipinski definition) is 6. The Hall–Kier alpha value is -4.05. The van der Waals surface area contributed by atoms with E-state index in [-0.39, 0.29) is 30.3 Å². The Morgan fingerprint density at radius 3 is 2.21 bits per heavy atom. The molecule has 1 atom stereocenters. The highest BCUT2D eigenvalue weighted by molar-refractivity contribution is 7.92. The normalized spacial score (nSPS) is 11.8. The van der Waals surface area contributed by atoms with E-state index in [9.17, 15) is 18.0 Å². The van der Waals surface area contributed by atoms with Gasteiger partial charge in [0.15, 0.2) is 0 Å². The van der Waals surface area contributed by atoms with E-state index in [4.69, 9.17) is 9.47 Å². The second-order valence-electron chi connectivity index (χ2n) is 10.2. The van der Waals surface area contributed by atoms with Crippen molar-refractivity contribution in [1.29, 1.82) is 0 Å². The van der Waals surface area contributed by atoms with Crippen LogP contribution in [0.4, 0.5) is 5.69 Å². The van der Waals surface area contributed by atoms with Gasteiger partial charge in [-0.05, 0) is 36.6 Å². The third kappa shape index (κ3) is 8.97. The van der Waals surface area contributed by atoms with Crippen molar-refractivity contribution in [2.24, 2.45) is 0 Å². The number of anilines is 1. The minimum Gasteiger partial charge on any atom is -0.497 e. The van der Waals surface area contributed by atoms with Crippen LogP contribution in [0.15, 0.2) is 72.8 Å². The number of carbonyl (C=O) groups excluding carboxylic acids is 2. The molecule has 2 amide bonds. The van der Waals surface area contributed by atoms with Crippen LogP contribution < -0.4 is 19.1 Å². The molecule has 0 spiro atoms. The van der Waals surface area contributed by atoms with Crippen molar-refractivity contribution in [2.45, 2.75) is 45.7 Å². The predicted molar refractivity (Wildman–Crippen MR) is 165 cm³/mol. The third-order valence-corrected chi connectivity index (χ3v) is 8.03. The van der Waals surface area contributed by atoms with E-state index >= 15 is 0 Å². The van der Waals surface area contributed by atoms with E-state index in [1.165, 1.54) is 25.2 Å². The number of sulfonamides is 1. The Balaban J connectivity index is 2.08. The van der Waals surface area contributed by atoms with Crippen LogP contribution in [0.5, 0.6) is 11.5 Å². The highest BCUT2D eigenvalue weighted by Gasteiger charge is 2.33. The van der Waals surface area contributed by atoms with Crippen LogP contribution in [-0.2, 0) is 32.6 Å². The van der Waals surface area contributed by atoms with Crippen LogP contribution in [0.25, 0.3) is 0 Å². The molecule has 0 unspecified atom stereocenters. The molecule has 0 aliphatic heterocycles. The van der Waals surface area contributed by atoms with E-state index in [1.807, 2.05) is 68.4 Å². The summed E-state index contributed by atoms with van der Waals surface area (Å²) in [6, 6.07) is 21.0. The molecule has 0 saturated carbocycles. The minimum absolute atomic E-state index is 0.116. The van der Waals surface area contributed by atoms with E-state index < -0.39 is 28.5 Å². The van der Waals surface area contributed by atoms with Gasteiger partial charge in [-0.1, -0.05) is 73.5 Å². The number of hydrogen-bond donors (Lipinski definition) is 1. The lowest BCUT2D eigenvalue weighted by atomic mass is 10.0. The SMILES string of the molecule is CCCCNC(=O)[C@H](Cc1ccccc1)N(Cc1ccc(C)cc1)C(=O)CN(c1cc(OC)ccc1OC)S(C)(=O)=O. The molecular weight excluding hydrogens is 554 g/mol. The Morgan fingerprint density at radius 2 is 1.62 bits per heavy atom. The van der Waals surface area contributed by atoms with Crippen LogP contribution in [0, 0.1) is 6.92 Å². The van der Waals surface area contributed by atoms with Gasteiger partial charge in [0.05, 0.1) is 26.2 Å². The van der Waals surface area contributed by atoms with Gasteiger partial charge in [0.1, 0.15) is 24.1 Å². The molecule has 226 valence electrons. The zero-order valence-corrected chi connectivity index (χ0v) is 25.8. The predicted octanol–water partition coefficient (Wildman–Crippen LogP) is 4.33. The second-order valence-corrected chi connectivity index (χ2v) is 12.1. The number of benzene rings is 3. The zero-order chi connectivity index (χ0) is 30.7. The molecule has 0 aromatic heterocycles. The first kappa shape index (κ1) is 32.5. The zero-order valence-electron chi connectivity index (χ0n) is 25.0. The van der Waals surface area contributed by atoms with Crippen molar-refractivity contribution in [3.63, 3.8) is 0 Å². The molecular formula is C32H41N3O6S.